The van der Waals surface area contributed by atoms with Crippen molar-refractivity contribution in [3.8, 4) is 0 Å². The van der Waals surface area contributed by atoms with E-state index < -0.39 is 17.7 Å². The van der Waals surface area contributed by atoms with Gasteiger partial charge < -0.3 is 15.2 Å². The number of carboxylic acids is 1. The fourth-order valence-electron chi connectivity index (χ4n) is 2.87. The van der Waals surface area contributed by atoms with Gasteiger partial charge >= 0.3 is 12.1 Å². The molecule has 22 heavy (non-hydrogen) atoms. The maximum absolute atomic E-state index is 12.1. The van der Waals surface area contributed by atoms with Crippen molar-refractivity contribution in [2.45, 2.75) is 52.7 Å². The first-order valence-corrected chi connectivity index (χ1v) is 7.35. The molecule has 5 nitrogen and oxygen atoms in total. The number of carbonyl (C=O) groups excluding carboxylic acids is 1. The van der Waals surface area contributed by atoms with Crippen LogP contribution in [-0.2, 0) is 11.2 Å². The lowest BCUT2D eigenvalue weighted by molar-refractivity contribution is 0.0465. The predicted molar refractivity (Wildman–Crippen MR) is 83.0 cm³/mol. The summed E-state index contributed by atoms with van der Waals surface area (Å²) in [7, 11) is 0. The van der Waals surface area contributed by atoms with E-state index in [9.17, 15) is 9.59 Å². The molecule has 0 unspecified atom stereocenters. The first-order valence-electron chi connectivity index (χ1n) is 7.35. The van der Waals surface area contributed by atoms with Crippen LogP contribution in [-0.4, -0.2) is 22.8 Å². The Morgan fingerprint density at radius 1 is 1.32 bits per heavy atom. The number of fused-ring (bicyclic) bond motifs is 1. The zero-order chi connectivity index (χ0) is 16.7. The van der Waals surface area contributed by atoms with Crippen LogP contribution >= 0.6 is 0 Å². The molecule has 1 amide bonds. The quantitative estimate of drug-likeness (QED) is 0.876. The topological polar surface area (TPSA) is 75.6 Å². The van der Waals surface area contributed by atoms with E-state index in [0.29, 0.717) is 0 Å². The predicted octanol–water partition coefficient (Wildman–Crippen LogP) is 3.53. The molecule has 0 saturated carbocycles. The monoisotopic (exact) mass is 305 g/mol. The summed E-state index contributed by atoms with van der Waals surface area (Å²) in [6, 6.07) is 4.82. The smallest absolute Gasteiger partial charge is 0.408 e. The van der Waals surface area contributed by atoms with Gasteiger partial charge in [-0.2, -0.15) is 0 Å². The van der Waals surface area contributed by atoms with Crippen molar-refractivity contribution in [3.05, 3.63) is 34.9 Å². The number of aromatic carboxylic acids is 1. The molecule has 0 saturated heterocycles. The van der Waals surface area contributed by atoms with E-state index >= 15 is 0 Å². The largest absolute Gasteiger partial charge is 0.478 e. The molecular weight excluding hydrogens is 282 g/mol. The molecule has 0 aromatic heterocycles. The van der Waals surface area contributed by atoms with E-state index in [1.54, 1.807) is 12.1 Å². The molecule has 0 aliphatic heterocycles. The standard InChI is InChI=1S/C17H23NO4/c1-16(2,3)22-15(21)18-13-12-8-10(14(19)20)6-7-11(12)9-17(13,4)5/h6-8,13H,9H2,1-5H3,(H,18,21)(H,19,20)/t13-/m0/s1. The van der Waals surface area contributed by atoms with Gasteiger partial charge in [0.25, 0.3) is 0 Å². The molecular formula is C17H23NO4. The SMILES string of the molecule is CC(C)(C)OC(=O)N[C@H]1c2cc(C(=O)O)ccc2CC1(C)C. The van der Waals surface area contributed by atoms with Crippen molar-refractivity contribution in [2.24, 2.45) is 5.41 Å². The van der Waals surface area contributed by atoms with Gasteiger partial charge in [-0.05, 0) is 55.9 Å². The van der Waals surface area contributed by atoms with Crippen molar-refractivity contribution in [1.29, 1.82) is 0 Å². The van der Waals surface area contributed by atoms with E-state index in [2.05, 4.69) is 19.2 Å². The number of amides is 1. The summed E-state index contributed by atoms with van der Waals surface area (Å²) >= 11 is 0. The Morgan fingerprint density at radius 2 is 1.95 bits per heavy atom. The Kier molecular flexibility index (Phi) is 3.94. The molecule has 0 spiro atoms. The summed E-state index contributed by atoms with van der Waals surface area (Å²) in [5.41, 5.74) is 1.38. The summed E-state index contributed by atoms with van der Waals surface area (Å²) in [6.45, 7) is 9.53. The molecule has 0 bridgehead atoms. The van der Waals surface area contributed by atoms with Gasteiger partial charge in [-0.25, -0.2) is 9.59 Å². The Bertz CT molecular complexity index is 614. The number of alkyl carbamates (subject to hydrolysis) is 1. The molecule has 1 aromatic rings. The molecule has 0 radical (unpaired) electrons. The van der Waals surface area contributed by atoms with E-state index in [-0.39, 0.29) is 17.0 Å². The first-order chi connectivity index (χ1) is 9.99. The zero-order valence-electron chi connectivity index (χ0n) is 13.7. The molecule has 1 aliphatic carbocycles. The highest BCUT2D eigenvalue weighted by atomic mass is 16.6. The second kappa shape index (κ2) is 5.30. The van der Waals surface area contributed by atoms with Crippen molar-refractivity contribution >= 4 is 12.1 Å². The number of nitrogens with one attached hydrogen (secondary N) is 1. The third kappa shape index (κ3) is 3.40. The minimum absolute atomic E-state index is 0.198. The highest BCUT2D eigenvalue weighted by molar-refractivity contribution is 5.88. The van der Waals surface area contributed by atoms with Gasteiger partial charge in [0.15, 0.2) is 0 Å². The van der Waals surface area contributed by atoms with Crippen LogP contribution in [0, 0.1) is 5.41 Å². The van der Waals surface area contributed by atoms with Crippen LogP contribution in [0.1, 0.15) is 62.1 Å². The Hall–Kier alpha value is -2.04. The van der Waals surface area contributed by atoms with Gasteiger partial charge in [0.2, 0.25) is 0 Å². The number of ether oxygens (including phenoxy) is 1. The van der Waals surface area contributed by atoms with Gasteiger partial charge in [0.05, 0.1) is 11.6 Å². The van der Waals surface area contributed by atoms with Crippen LogP contribution in [0.4, 0.5) is 4.79 Å². The molecule has 1 atom stereocenters. The maximum Gasteiger partial charge on any atom is 0.408 e. The second-order valence-corrected chi connectivity index (χ2v) is 7.46. The second-order valence-electron chi connectivity index (χ2n) is 7.46. The van der Waals surface area contributed by atoms with E-state index in [4.69, 9.17) is 9.84 Å². The van der Waals surface area contributed by atoms with Crippen molar-refractivity contribution in [1.82, 2.24) is 5.32 Å². The van der Waals surface area contributed by atoms with Gasteiger partial charge in [-0.1, -0.05) is 19.9 Å². The third-order valence-corrected chi connectivity index (χ3v) is 3.79. The van der Waals surface area contributed by atoms with Crippen molar-refractivity contribution < 1.29 is 19.4 Å². The number of carboxylic acid groups (broad SMARTS) is 1. The van der Waals surface area contributed by atoms with Crippen LogP contribution in [0.5, 0.6) is 0 Å². The fourth-order valence-corrected chi connectivity index (χ4v) is 2.87. The Labute approximate surface area is 130 Å². The average molecular weight is 305 g/mol. The summed E-state index contributed by atoms with van der Waals surface area (Å²) in [5.74, 6) is -0.969. The molecule has 0 fully saturated rings. The normalized spacial score (nSPS) is 19.4. The zero-order valence-corrected chi connectivity index (χ0v) is 13.7. The molecule has 2 N–H and O–H groups in total. The molecule has 0 heterocycles. The minimum atomic E-state index is -0.969. The van der Waals surface area contributed by atoms with Gasteiger partial charge in [0.1, 0.15) is 5.60 Å². The highest BCUT2D eigenvalue weighted by Gasteiger charge is 2.40. The minimum Gasteiger partial charge on any atom is -0.478 e. The first kappa shape index (κ1) is 16.3. The number of benzene rings is 1. The summed E-state index contributed by atoms with van der Waals surface area (Å²) in [4.78, 5) is 23.2. The number of carbonyl (C=O) groups is 2. The number of hydrogen-bond donors (Lipinski definition) is 2. The lowest BCUT2D eigenvalue weighted by atomic mass is 9.85. The molecule has 5 heteroatoms. The van der Waals surface area contributed by atoms with Crippen LogP contribution in [0.25, 0.3) is 0 Å². The van der Waals surface area contributed by atoms with Crippen LogP contribution in [0.15, 0.2) is 18.2 Å². The maximum atomic E-state index is 12.1. The molecule has 120 valence electrons. The average Bonchev–Trinajstić information content (AvgIpc) is 2.57. The van der Waals surface area contributed by atoms with Crippen molar-refractivity contribution in [2.75, 3.05) is 0 Å². The van der Waals surface area contributed by atoms with Crippen LogP contribution in [0.2, 0.25) is 0 Å². The van der Waals surface area contributed by atoms with Crippen molar-refractivity contribution in [3.63, 3.8) is 0 Å². The van der Waals surface area contributed by atoms with E-state index in [1.165, 1.54) is 0 Å². The van der Waals surface area contributed by atoms with Crippen LogP contribution < -0.4 is 5.32 Å². The van der Waals surface area contributed by atoms with E-state index in [1.807, 2.05) is 26.8 Å². The van der Waals surface area contributed by atoms with E-state index in [0.717, 1.165) is 17.5 Å². The fraction of sp³-hybridized carbons (Fsp3) is 0.529. The lowest BCUT2D eigenvalue weighted by Gasteiger charge is -2.30. The molecule has 1 aromatic carbocycles. The van der Waals surface area contributed by atoms with Gasteiger partial charge in [0, 0.05) is 0 Å². The number of hydrogen-bond acceptors (Lipinski definition) is 3. The summed E-state index contributed by atoms with van der Waals surface area (Å²) in [6.07, 6.45) is 0.294. The molecule has 1 aliphatic rings. The summed E-state index contributed by atoms with van der Waals surface area (Å²) in [5, 5.41) is 12.0. The molecule has 2 rings (SSSR count). The Morgan fingerprint density at radius 3 is 2.50 bits per heavy atom. The third-order valence-electron chi connectivity index (χ3n) is 3.79. The summed E-state index contributed by atoms with van der Waals surface area (Å²) < 4.78 is 5.32. The number of rotatable bonds is 2. The van der Waals surface area contributed by atoms with Gasteiger partial charge in [-0.15, -0.1) is 0 Å². The van der Waals surface area contributed by atoms with Gasteiger partial charge in [-0.3, -0.25) is 0 Å². The van der Waals surface area contributed by atoms with Crippen LogP contribution in [0.3, 0.4) is 0 Å². The Balaban J connectivity index is 2.29. The lowest BCUT2D eigenvalue weighted by Crippen LogP contribution is -2.39. The highest BCUT2D eigenvalue weighted by Crippen LogP contribution is 2.45.